The van der Waals surface area contributed by atoms with Crippen molar-refractivity contribution < 1.29 is 14.3 Å². The van der Waals surface area contributed by atoms with Crippen molar-refractivity contribution in [2.75, 3.05) is 11.4 Å². The second-order valence-electron chi connectivity index (χ2n) is 8.07. The van der Waals surface area contributed by atoms with E-state index in [1.54, 1.807) is 26.1 Å². The Morgan fingerprint density at radius 1 is 1.31 bits per heavy atom. The monoisotopic (exact) mass is 400 g/mol. The van der Waals surface area contributed by atoms with Gasteiger partial charge in [-0.2, -0.15) is 0 Å². The number of benzene rings is 1. The van der Waals surface area contributed by atoms with Gasteiger partial charge in [-0.15, -0.1) is 0 Å². The summed E-state index contributed by atoms with van der Waals surface area (Å²) < 4.78 is 14.7. The quantitative estimate of drug-likeness (QED) is 0.823. The van der Waals surface area contributed by atoms with E-state index in [0.29, 0.717) is 17.1 Å². The minimum absolute atomic E-state index is 0.0214. The van der Waals surface area contributed by atoms with Crippen molar-refractivity contribution in [3.8, 4) is 5.75 Å². The lowest BCUT2D eigenvalue weighted by Crippen LogP contribution is -2.60. The van der Waals surface area contributed by atoms with E-state index >= 15 is 0 Å². The Morgan fingerprint density at radius 3 is 2.66 bits per heavy atom. The number of nitrogens with zero attached hydrogens (tertiary/aromatic N) is 3. The molecule has 29 heavy (non-hydrogen) atoms. The normalized spacial score (nSPS) is 17.4. The van der Waals surface area contributed by atoms with Gasteiger partial charge in [0, 0.05) is 25.7 Å². The molecular weight excluding hydrogens is 375 g/mol. The average Bonchev–Trinajstić information content (AvgIpc) is 3.20. The van der Waals surface area contributed by atoms with Gasteiger partial charge in [-0.1, -0.05) is 25.0 Å². The van der Waals surface area contributed by atoms with Gasteiger partial charge in [0.25, 0.3) is 11.5 Å². The van der Waals surface area contributed by atoms with E-state index in [2.05, 4.69) is 15.2 Å². The molecule has 0 radical (unpaired) electrons. The third kappa shape index (κ3) is 3.26. The number of nitrogens with one attached hydrogen (secondary N) is 1. The average molecular weight is 400 g/mol. The second-order valence-corrected chi connectivity index (χ2v) is 8.07. The van der Waals surface area contributed by atoms with E-state index in [1.807, 2.05) is 0 Å². The molecule has 2 N–H and O–H groups in total. The van der Waals surface area contributed by atoms with Gasteiger partial charge >= 0.3 is 0 Å². The zero-order chi connectivity index (χ0) is 20.8. The number of rotatable bonds is 4. The number of aromatic nitrogens is 2. The molecule has 1 spiro atoms. The molecule has 154 valence electrons. The van der Waals surface area contributed by atoms with Gasteiger partial charge in [0.05, 0.1) is 0 Å². The summed E-state index contributed by atoms with van der Waals surface area (Å²) in [7, 11) is 1.56. The molecule has 0 unspecified atom stereocenters. The van der Waals surface area contributed by atoms with Gasteiger partial charge in [0.2, 0.25) is 11.7 Å². The number of anilines is 1. The summed E-state index contributed by atoms with van der Waals surface area (Å²) in [5.41, 5.74) is 0.301. The molecule has 2 heterocycles. The zero-order valence-electron chi connectivity index (χ0n) is 16.7. The molecule has 8 heteroatoms. The first-order valence-corrected chi connectivity index (χ1v) is 9.93. The van der Waals surface area contributed by atoms with Crippen LogP contribution in [0.25, 0.3) is 0 Å². The van der Waals surface area contributed by atoms with E-state index in [9.17, 15) is 19.1 Å². The first-order valence-electron chi connectivity index (χ1n) is 9.93. The summed E-state index contributed by atoms with van der Waals surface area (Å²) in [4.78, 5) is 31.7. The van der Waals surface area contributed by atoms with Crippen LogP contribution in [0.4, 0.5) is 10.3 Å². The lowest BCUT2D eigenvalue weighted by molar-refractivity contribution is 0.0942. The second kappa shape index (κ2) is 7.17. The van der Waals surface area contributed by atoms with E-state index in [1.165, 1.54) is 10.6 Å². The Bertz CT molecular complexity index is 1030. The molecule has 2 fully saturated rings. The van der Waals surface area contributed by atoms with Crippen LogP contribution in [0.3, 0.4) is 0 Å². The molecule has 4 rings (SSSR count). The highest BCUT2D eigenvalue weighted by Crippen LogP contribution is 2.46. The lowest BCUT2D eigenvalue weighted by Gasteiger charge is -2.51. The first kappa shape index (κ1) is 19.4. The maximum atomic E-state index is 13.4. The van der Waals surface area contributed by atoms with Crippen LogP contribution in [0.1, 0.15) is 53.7 Å². The SMILES string of the molecule is Cc1cc(CNC(=O)c2nc(N3CCC34CCCC4)n(C)c(=O)c2O)ccc1F. The highest BCUT2D eigenvalue weighted by molar-refractivity contribution is 5.95. The molecule has 1 aliphatic carbocycles. The predicted molar refractivity (Wildman–Crippen MR) is 107 cm³/mol. The van der Waals surface area contributed by atoms with Crippen LogP contribution in [-0.4, -0.2) is 32.6 Å². The number of carbonyl (C=O) groups excluding carboxylic acids is 1. The largest absolute Gasteiger partial charge is 0.501 e. The molecule has 2 aliphatic rings. The highest BCUT2D eigenvalue weighted by atomic mass is 19.1. The molecule has 1 aromatic carbocycles. The third-order valence-electron chi connectivity index (χ3n) is 6.28. The van der Waals surface area contributed by atoms with E-state index < -0.39 is 17.2 Å². The van der Waals surface area contributed by atoms with Crippen LogP contribution in [0, 0.1) is 12.7 Å². The van der Waals surface area contributed by atoms with Crippen LogP contribution in [0.5, 0.6) is 5.75 Å². The zero-order valence-corrected chi connectivity index (χ0v) is 16.7. The van der Waals surface area contributed by atoms with Crippen LogP contribution in [-0.2, 0) is 13.6 Å². The molecule has 2 aromatic rings. The van der Waals surface area contributed by atoms with Crippen molar-refractivity contribution >= 4 is 11.9 Å². The fourth-order valence-corrected chi connectivity index (χ4v) is 4.47. The van der Waals surface area contributed by atoms with Gasteiger partial charge < -0.3 is 15.3 Å². The smallest absolute Gasteiger partial charge is 0.297 e. The number of hydrogen-bond acceptors (Lipinski definition) is 5. The maximum Gasteiger partial charge on any atom is 0.297 e. The number of aryl methyl sites for hydroxylation is 1. The molecule has 7 nitrogen and oxygen atoms in total. The van der Waals surface area contributed by atoms with Crippen LogP contribution in [0.15, 0.2) is 23.0 Å². The van der Waals surface area contributed by atoms with Gasteiger partial charge in [-0.25, -0.2) is 9.37 Å². The van der Waals surface area contributed by atoms with Crippen molar-refractivity contribution in [2.45, 2.75) is 51.1 Å². The van der Waals surface area contributed by atoms with Gasteiger partial charge in [-0.3, -0.25) is 14.2 Å². The van der Waals surface area contributed by atoms with Crippen molar-refractivity contribution in [3.05, 3.63) is 51.2 Å². The number of halogens is 1. The summed E-state index contributed by atoms with van der Waals surface area (Å²) in [5.74, 6) is -1.19. The lowest BCUT2D eigenvalue weighted by atomic mass is 9.83. The highest BCUT2D eigenvalue weighted by Gasteiger charge is 2.48. The first-order chi connectivity index (χ1) is 13.8. The Hall–Kier alpha value is -2.90. The Balaban J connectivity index is 1.59. The minimum Gasteiger partial charge on any atom is -0.501 e. The van der Waals surface area contributed by atoms with E-state index in [-0.39, 0.29) is 23.6 Å². The van der Waals surface area contributed by atoms with Crippen molar-refractivity contribution in [1.82, 2.24) is 14.9 Å². The third-order valence-corrected chi connectivity index (χ3v) is 6.28. The molecule has 1 aromatic heterocycles. The molecule has 0 bridgehead atoms. The number of hydrogen-bond donors (Lipinski definition) is 2. The maximum absolute atomic E-state index is 13.4. The molecule has 1 aliphatic heterocycles. The predicted octanol–water partition coefficient (Wildman–Crippen LogP) is 2.39. The number of aromatic hydroxyl groups is 1. The topological polar surface area (TPSA) is 87.5 Å². The summed E-state index contributed by atoms with van der Waals surface area (Å²) in [6.07, 6.45) is 5.44. The number of carbonyl (C=O) groups is 1. The summed E-state index contributed by atoms with van der Waals surface area (Å²) in [6, 6.07) is 4.56. The van der Waals surface area contributed by atoms with Gasteiger partial charge in [-0.05, 0) is 43.4 Å². The van der Waals surface area contributed by atoms with Crippen LogP contribution < -0.4 is 15.8 Å². The van der Waals surface area contributed by atoms with Crippen LogP contribution >= 0.6 is 0 Å². The molecule has 0 atom stereocenters. The Morgan fingerprint density at radius 2 is 2.03 bits per heavy atom. The van der Waals surface area contributed by atoms with Crippen molar-refractivity contribution in [2.24, 2.45) is 7.05 Å². The molecule has 1 saturated carbocycles. The Kier molecular flexibility index (Phi) is 4.80. The molecule has 1 saturated heterocycles. The standard InChI is InChI=1S/C21H25FN4O3/c1-13-11-14(5-6-15(13)22)12-23-18(28)16-17(27)19(29)25(2)20(24-16)26-10-9-21(26)7-3-4-8-21/h5-6,11,27H,3-4,7-10,12H2,1-2H3,(H,23,28). The fourth-order valence-electron chi connectivity index (χ4n) is 4.47. The number of amides is 1. The fraction of sp³-hybridized carbons (Fsp3) is 0.476. The summed E-state index contributed by atoms with van der Waals surface area (Å²) >= 11 is 0. The summed E-state index contributed by atoms with van der Waals surface area (Å²) in [6.45, 7) is 2.56. The molecular formula is C21H25FN4O3. The molecule has 1 amide bonds. The van der Waals surface area contributed by atoms with Crippen molar-refractivity contribution in [1.29, 1.82) is 0 Å². The Labute approximate surface area is 168 Å². The summed E-state index contributed by atoms with van der Waals surface area (Å²) in [5, 5.41) is 12.9. The van der Waals surface area contributed by atoms with Crippen LogP contribution in [0.2, 0.25) is 0 Å². The minimum atomic E-state index is -0.662. The van der Waals surface area contributed by atoms with E-state index in [4.69, 9.17) is 0 Å². The van der Waals surface area contributed by atoms with Crippen molar-refractivity contribution in [3.63, 3.8) is 0 Å². The van der Waals surface area contributed by atoms with Gasteiger partial charge in [0.15, 0.2) is 5.69 Å². The van der Waals surface area contributed by atoms with E-state index in [0.717, 1.165) is 38.6 Å². The van der Waals surface area contributed by atoms with Gasteiger partial charge in [0.1, 0.15) is 5.82 Å².